The maximum atomic E-state index is 6.45. The van der Waals surface area contributed by atoms with Gasteiger partial charge in [0.05, 0.1) is 13.2 Å². The quantitative estimate of drug-likeness (QED) is 0.877. The predicted molar refractivity (Wildman–Crippen MR) is 94.7 cm³/mol. The molecule has 1 fully saturated rings. The van der Waals surface area contributed by atoms with E-state index in [4.69, 9.17) is 16.3 Å². The van der Waals surface area contributed by atoms with Crippen LogP contribution in [0.5, 0.6) is 0 Å². The van der Waals surface area contributed by atoms with Gasteiger partial charge in [-0.15, -0.1) is 0 Å². The van der Waals surface area contributed by atoms with Gasteiger partial charge >= 0.3 is 0 Å². The number of nitrogens with zero attached hydrogens (tertiary/aromatic N) is 1. The molecule has 1 aliphatic heterocycles. The molecule has 0 radical (unpaired) electrons. The lowest BCUT2D eigenvalue weighted by Gasteiger charge is -2.35. The van der Waals surface area contributed by atoms with E-state index in [1.165, 1.54) is 11.1 Å². The molecule has 1 aliphatic rings. The minimum atomic E-state index is 0.274. The number of morpholine rings is 1. The lowest BCUT2D eigenvalue weighted by atomic mass is 10.0. The Labute approximate surface area is 143 Å². The van der Waals surface area contributed by atoms with Crippen molar-refractivity contribution in [3.05, 3.63) is 70.7 Å². The van der Waals surface area contributed by atoms with Gasteiger partial charge in [0.2, 0.25) is 0 Å². The van der Waals surface area contributed by atoms with Gasteiger partial charge in [-0.25, -0.2) is 0 Å². The fourth-order valence-electron chi connectivity index (χ4n) is 3.02. The molecule has 0 amide bonds. The Morgan fingerprint density at radius 2 is 1.70 bits per heavy atom. The highest BCUT2D eigenvalue weighted by atomic mass is 35.5. The summed E-state index contributed by atoms with van der Waals surface area (Å²) in [4.78, 5) is 2.46. The molecule has 0 saturated carbocycles. The molecule has 1 unspecified atom stereocenters. The van der Waals surface area contributed by atoms with Crippen molar-refractivity contribution in [1.29, 1.82) is 0 Å². The molecule has 0 aliphatic carbocycles. The van der Waals surface area contributed by atoms with Crippen molar-refractivity contribution in [1.82, 2.24) is 10.2 Å². The fourth-order valence-corrected chi connectivity index (χ4v) is 3.28. The van der Waals surface area contributed by atoms with Crippen LogP contribution in [-0.2, 0) is 11.3 Å². The van der Waals surface area contributed by atoms with Crippen molar-refractivity contribution in [3.8, 4) is 0 Å². The zero-order valence-electron chi connectivity index (χ0n) is 13.2. The fraction of sp³-hybridized carbons (Fsp3) is 0.368. The van der Waals surface area contributed by atoms with Crippen molar-refractivity contribution in [2.45, 2.75) is 12.6 Å². The summed E-state index contributed by atoms with van der Waals surface area (Å²) in [7, 11) is 0. The minimum absolute atomic E-state index is 0.274. The number of halogens is 1. The van der Waals surface area contributed by atoms with Gasteiger partial charge in [0.15, 0.2) is 0 Å². The van der Waals surface area contributed by atoms with Gasteiger partial charge < -0.3 is 10.1 Å². The average molecular weight is 331 g/mol. The first-order valence-corrected chi connectivity index (χ1v) is 8.53. The van der Waals surface area contributed by atoms with Crippen LogP contribution in [0, 0.1) is 0 Å². The molecular formula is C19H23ClN2O. The molecule has 1 saturated heterocycles. The summed E-state index contributed by atoms with van der Waals surface area (Å²) in [6.07, 6.45) is 0. The van der Waals surface area contributed by atoms with Gasteiger partial charge in [-0.1, -0.05) is 60.1 Å². The first-order valence-electron chi connectivity index (χ1n) is 8.15. The van der Waals surface area contributed by atoms with E-state index < -0.39 is 0 Å². The lowest BCUT2D eigenvalue weighted by Crippen LogP contribution is -2.42. The van der Waals surface area contributed by atoms with Gasteiger partial charge in [-0.05, 0) is 17.2 Å². The Morgan fingerprint density at radius 3 is 2.43 bits per heavy atom. The van der Waals surface area contributed by atoms with E-state index in [1.54, 1.807) is 0 Å². The Hall–Kier alpha value is -1.39. The third-order valence-corrected chi connectivity index (χ3v) is 4.60. The van der Waals surface area contributed by atoms with Gasteiger partial charge in [-0.3, -0.25) is 4.90 Å². The maximum absolute atomic E-state index is 6.45. The Morgan fingerprint density at radius 1 is 1.00 bits per heavy atom. The molecular weight excluding hydrogens is 308 g/mol. The van der Waals surface area contributed by atoms with Crippen LogP contribution in [-0.4, -0.2) is 37.7 Å². The van der Waals surface area contributed by atoms with Crippen LogP contribution >= 0.6 is 11.6 Å². The molecule has 1 N–H and O–H groups in total. The molecule has 23 heavy (non-hydrogen) atoms. The third-order valence-electron chi connectivity index (χ3n) is 4.26. The van der Waals surface area contributed by atoms with Crippen molar-refractivity contribution in [3.63, 3.8) is 0 Å². The number of hydrogen-bond acceptors (Lipinski definition) is 3. The summed E-state index contributed by atoms with van der Waals surface area (Å²) >= 11 is 6.45. The average Bonchev–Trinajstić information content (AvgIpc) is 2.61. The molecule has 122 valence electrons. The van der Waals surface area contributed by atoms with Crippen LogP contribution < -0.4 is 5.32 Å². The monoisotopic (exact) mass is 330 g/mol. The Kier molecular flexibility index (Phi) is 6.06. The zero-order valence-corrected chi connectivity index (χ0v) is 14.0. The highest BCUT2D eigenvalue weighted by Crippen LogP contribution is 2.27. The zero-order chi connectivity index (χ0) is 15.9. The summed E-state index contributed by atoms with van der Waals surface area (Å²) in [6.45, 7) is 5.22. The van der Waals surface area contributed by atoms with Crippen LogP contribution in [0.25, 0.3) is 0 Å². The van der Waals surface area contributed by atoms with Crippen molar-refractivity contribution in [2.24, 2.45) is 0 Å². The van der Waals surface area contributed by atoms with Crippen LogP contribution in [0.4, 0.5) is 0 Å². The standard InChI is InChI=1S/C19H23ClN2O/c20-18-9-5-4-8-17(18)19(22-10-12-23-13-11-22)15-21-14-16-6-2-1-3-7-16/h1-9,19,21H,10-15H2. The smallest absolute Gasteiger partial charge is 0.0594 e. The summed E-state index contributed by atoms with van der Waals surface area (Å²) in [6, 6.07) is 18.9. The number of rotatable bonds is 6. The topological polar surface area (TPSA) is 24.5 Å². The minimum Gasteiger partial charge on any atom is -0.379 e. The third kappa shape index (κ3) is 4.55. The molecule has 0 aromatic heterocycles. The molecule has 0 bridgehead atoms. The van der Waals surface area contributed by atoms with E-state index in [9.17, 15) is 0 Å². The second kappa shape index (κ2) is 8.46. The molecule has 0 spiro atoms. The van der Waals surface area contributed by atoms with Gasteiger partial charge in [-0.2, -0.15) is 0 Å². The first-order chi connectivity index (χ1) is 11.3. The molecule has 3 nitrogen and oxygen atoms in total. The number of nitrogens with one attached hydrogen (secondary N) is 1. The maximum Gasteiger partial charge on any atom is 0.0594 e. The summed E-state index contributed by atoms with van der Waals surface area (Å²) in [5, 5.41) is 4.42. The normalized spacial score (nSPS) is 17.1. The largest absolute Gasteiger partial charge is 0.379 e. The lowest BCUT2D eigenvalue weighted by molar-refractivity contribution is 0.0161. The molecule has 2 aromatic carbocycles. The van der Waals surface area contributed by atoms with E-state index in [0.717, 1.165) is 44.4 Å². The van der Waals surface area contributed by atoms with E-state index in [0.29, 0.717) is 0 Å². The molecule has 2 aromatic rings. The first kappa shape index (κ1) is 16.5. The molecule has 1 atom stereocenters. The molecule has 3 rings (SSSR count). The van der Waals surface area contributed by atoms with E-state index >= 15 is 0 Å². The van der Waals surface area contributed by atoms with Crippen molar-refractivity contribution >= 4 is 11.6 Å². The Balaban J connectivity index is 1.69. The molecule has 4 heteroatoms. The highest BCUT2D eigenvalue weighted by Gasteiger charge is 2.23. The SMILES string of the molecule is Clc1ccccc1C(CNCc1ccccc1)N1CCOCC1. The van der Waals surface area contributed by atoms with Crippen LogP contribution in [0.2, 0.25) is 5.02 Å². The Bertz CT molecular complexity index is 599. The van der Waals surface area contributed by atoms with E-state index in [2.05, 4.69) is 46.6 Å². The van der Waals surface area contributed by atoms with Crippen molar-refractivity contribution < 1.29 is 4.74 Å². The van der Waals surface area contributed by atoms with E-state index in [1.807, 2.05) is 18.2 Å². The van der Waals surface area contributed by atoms with Crippen molar-refractivity contribution in [2.75, 3.05) is 32.8 Å². The number of hydrogen-bond donors (Lipinski definition) is 1. The highest BCUT2D eigenvalue weighted by molar-refractivity contribution is 6.31. The van der Waals surface area contributed by atoms with Crippen LogP contribution in [0.15, 0.2) is 54.6 Å². The number of benzene rings is 2. The van der Waals surface area contributed by atoms with Gasteiger partial charge in [0.1, 0.15) is 0 Å². The van der Waals surface area contributed by atoms with Crippen LogP contribution in [0.3, 0.4) is 0 Å². The van der Waals surface area contributed by atoms with E-state index in [-0.39, 0.29) is 6.04 Å². The summed E-state index contributed by atoms with van der Waals surface area (Å²) in [5.41, 5.74) is 2.49. The second-order valence-corrected chi connectivity index (χ2v) is 6.21. The van der Waals surface area contributed by atoms with Crippen LogP contribution in [0.1, 0.15) is 17.2 Å². The summed E-state index contributed by atoms with van der Waals surface area (Å²) < 4.78 is 5.49. The number of ether oxygens (including phenoxy) is 1. The predicted octanol–water partition coefficient (Wildman–Crippen LogP) is 3.50. The van der Waals surface area contributed by atoms with Gasteiger partial charge in [0, 0.05) is 37.2 Å². The second-order valence-electron chi connectivity index (χ2n) is 5.80. The summed E-state index contributed by atoms with van der Waals surface area (Å²) in [5.74, 6) is 0. The van der Waals surface area contributed by atoms with Gasteiger partial charge in [0.25, 0.3) is 0 Å². The molecule has 1 heterocycles.